The molecular formula is C25H30N4O5S. The Morgan fingerprint density at radius 2 is 1.74 bits per heavy atom. The number of sulfonamides is 1. The molecule has 0 aromatic heterocycles. The fourth-order valence-corrected chi connectivity index (χ4v) is 5.47. The third-order valence-electron chi connectivity index (χ3n) is 5.83. The first kappa shape index (κ1) is 26.2. The van der Waals surface area contributed by atoms with Crippen molar-refractivity contribution in [3.8, 4) is 6.07 Å². The molecule has 0 atom stereocenters. The van der Waals surface area contributed by atoms with Crippen molar-refractivity contribution >= 4 is 33.3 Å². The average molecular weight is 499 g/mol. The van der Waals surface area contributed by atoms with Crippen LogP contribution >= 0.6 is 0 Å². The summed E-state index contributed by atoms with van der Waals surface area (Å²) in [6.45, 7) is 5.12. The van der Waals surface area contributed by atoms with Crippen LogP contribution in [0.1, 0.15) is 42.6 Å². The molecule has 1 aliphatic heterocycles. The second kappa shape index (κ2) is 11.8. The largest absolute Gasteiger partial charge is 0.452 e. The molecule has 3 rings (SSSR count). The van der Waals surface area contributed by atoms with Crippen molar-refractivity contribution in [2.24, 2.45) is 0 Å². The minimum absolute atomic E-state index is 0.0120. The summed E-state index contributed by atoms with van der Waals surface area (Å²) in [4.78, 5) is 27.4. The molecule has 1 aliphatic rings. The standard InChI is InChI=1S/C25H30N4O5S/c1-3-29(4-2)35(32,33)21-11-12-23(28-15-5-6-16-28)22(17-21)25(31)34-18-24(30)27-20-9-7-19(8-10-20)13-14-26/h7-12,17H,3-6,13,15-16,18H2,1-2H3,(H,27,30). The predicted octanol–water partition coefficient (Wildman–Crippen LogP) is 3.18. The maximum absolute atomic E-state index is 13.0. The van der Waals surface area contributed by atoms with Crippen LogP contribution in [0.5, 0.6) is 0 Å². The van der Waals surface area contributed by atoms with E-state index in [1.54, 1.807) is 44.2 Å². The lowest BCUT2D eigenvalue weighted by Gasteiger charge is -2.23. The van der Waals surface area contributed by atoms with Crippen LogP contribution in [0.3, 0.4) is 0 Å². The van der Waals surface area contributed by atoms with Crippen molar-refractivity contribution < 1.29 is 22.7 Å². The van der Waals surface area contributed by atoms with E-state index >= 15 is 0 Å². The molecule has 0 spiro atoms. The number of nitrogens with zero attached hydrogens (tertiary/aromatic N) is 3. The van der Waals surface area contributed by atoms with Gasteiger partial charge in [-0.1, -0.05) is 26.0 Å². The molecule has 9 nitrogen and oxygen atoms in total. The van der Waals surface area contributed by atoms with Crippen LogP contribution in [0.25, 0.3) is 0 Å². The highest BCUT2D eigenvalue weighted by Gasteiger charge is 2.27. The highest BCUT2D eigenvalue weighted by molar-refractivity contribution is 7.89. The number of esters is 1. The third kappa shape index (κ3) is 6.38. The van der Waals surface area contributed by atoms with Gasteiger partial charge >= 0.3 is 5.97 Å². The van der Waals surface area contributed by atoms with Gasteiger partial charge in [-0.25, -0.2) is 13.2 Å². The lowest BCUT2D eigenvalue weighted by Crippen LogP contribution is -2.31. The van der Waals surface area contributed by atoms with Crippen molar-refractivity contribution in [1.82, 2.24) is 4.31 Å². The topological polar surface area (TPSA) is 120 Å². The Bertz CT molecular complexity index is 1200. The van der Waals surface area contributed by atoms with Crippen LogP contribution in [0, 0.1) is 11.3 Å². The zero-order valence-corrected chi connectivity index (χ0v) is 20.8. The molecule has 1 saturated heterocycles. The van der Waals surface area contributed by atoms with Crippen LogP contribution < -0.4 is 10.2 Å². The summed E-state index contributed by atoms with van der Waals surface area (Å²) in [5, 5.41) is 11.4. The molecule has 35 heavy (non-hydrogen) atoms. The summed E-state index contributed by atoms with van der Waals surface area (Å²) in [6.07, 6.45) is 2.22. The fraction of sp³-hybridized carbons (Fsp3) is 0.400. The summed E-state index contributed by atoms with van der Waals surface area (Å²) < 4.78 is 32.6. The lowest BCUT2D eigenvalue weighted by molar-refractivity contribution is -0.119. The Labute approximate surface area is 206 Å². The first-order valence-corrected chi connectivity index (χ1v) is 13.1. The number of carbonyl (C=O) groups excluding carboxylic acids is 2. The summed E-state index contributed by atoms with van der Waals surface area (Å²) in [6, 6.07) is 13.3. The van der Waals surface area contributed by atoms with Crippen molar-refractivity contribution in [3.05, 3.63) is 53.6 Å². The third-order valence-corrected chi connectivity index (χ3v) is 7.88. The van der Waals surface area contributed by atoms with Crippen LogP contribution in [0.2, 0.25) is 0 Å². The summed E-state index contributed by atoms with van der Waals surface area (Å²) in [7, 11) is -3.77. The number of ether oxygens (including phenoxy) is 1. The van der Waals surface area contributed by atoms with Crippen molar-refractivity contribution in [1.29, 1.82) is 5.26 Å². The smallest absolute Gasteiger partial charge is 0.340 e. The molecule has 0 unspecified atom stereocenters. The van der Waals surface area contributed by atoms with E-state index in [4.69, 9.17) is 10.00 Å². The number of anilines is 2. The second-order valence-electron chi connectivity index (χ2n) is 8.12. The molecule has 1 fully saturated rings. The molecule has 0 aliphatic carbocycles. The van der Waals surface area contributed by atoms with Gasteiger partial charge in [0, 0.05) is 31.9 Å². The van der Waals surface area contributed by atoms with Gasteiger partial charge in [-0.15, -0.1) is 0 Å². The second-order valence-corrected chi connectivity index (χ2v) is 10.1. The minimum atomic E-state index is -3.77. The molecule has 1 N–H and O–H groups in total. The van der Waals surface area contributed by atoms with E-state index < -0.39 is 28.5 Å². The molecule has 0 radical (unpaired) electrons. The summed E-state index contributed by atoms with van der Waals surface area (Å²) in [5.74, 6) is -1.29. The van der Waals surface area contributed by atoms with Gasteiger partial charge in [0.1, 0.15) is 0 Å². The van der Waals surface area contributed by atoms with Crippen molar-refractivity contribution in [2.75, 3.05) is 43.0 Å². The van der Waals surface area contributed by atoms with E-state index in [0.29, 0.717) is 24.5 Å². The first-order valence-electron chi connectivity index (χ1n) is 11.6. The number of hydrogen-bond donors (Lipinski definition) is 1. The van der Waals surface area contributed by atoms with Crippen LogP contribution in [-0.2, 0) is 26.0 Å². The van der Waals surface area contributed by atoms with E-state index in [0.717, 1.165) is 31.5 Å². The molecule has 10 heteroatoms. The SMILES string of the molecule is CCN(CC)S(=O)(=O)c1ccc(N2CCCC2)c(C(=O)OCC(=O)Nc2ccc(CC#N)cc2)c1. The van der Waals surface area contributed by atoms with Gasteiger partial charge in [-0.3, -0.25) is 4.79 Å². The van der Waals surface area contributed by atoms with Gasteiger partial charge in [0.05, 0.1) is 28.6 Å². The number of benzene rings is 2. The quantitative estimate of drug-likeness (QED) is 0.500. The number of carbonyl (C=O) groups is 2. The van der Waals surface area contributed by atoms with E-state index in [1.165, 1.54) is 16.4 Å². The normalized spacial score (nSPS) is 13.5. The monoisotopic (exact) mass is 498 g/mol. The lowest BCUT2D eigenvalue weighted by atomic mass is 10.1. The van der Waals surface area contributed by atoms with Crippen LogP contribution in [-0.4, -0.2) is 57.4 Å². The number of nitrogens with one attached hydrogen (secondary N) is 1. The molecule has 186 valence electrons. The van der Waals surface area contributed by atoms with E-state index in [1.807, 2.05) is 4.90 Å². The number of nitriles is 1. The van der Waals surface area contributed by atoms with Crippen LogP contribution in [0.15, 0.2) is 47.4 Å². The van der Waals surface area contributed by atoms with E-state index in [2.05, 4.69) is 11.4 Å². The Morgan fingerprint density at radius 3 is 2.34 bits per heavy atom. The summed E-state index contributed by atoms with van der Waals surface area (Å²) in [5.41, 5.74) is 2.05. The minimum Gasteiger partial charge on any atom is -0.452 e. The molecule has 1 amide bonds. The highest BCUT2D eigenvalue weighted by Crippen LogP contribution is 2.29. The maximum Gasteiger partial charge on any atom is 0.340 e. The summed E-state index contributed by atoms with van der Waals surface area (Å²) >= 11 is 0. The van der Waals surface area contributed by atoms with Crippen molar-refractivity contribution in [2.45, 2.75) is 38.0 Å². The fourth-order valence-electron chi connectivity index (χ4n) is 3.99. The highest BCUT2D eigenvalue weighted by atomic mass is 32.2. The van der Waals surface area contributed by atoms with E-state index in [-0.39, 0.29) is 16.9 Å². The first-order chi connectivity index (χ1) is 16.8. The number of hydrogen-bond acceptors (Lipinski definition) is 7. The van der Waals surface area contributed by atoms with Crippen LogP contribution in [0.4, 0.5) is 11.4 Å². The zero-order valence-electron chi connectivity index (χ0n) is 20.0. The molecule has 1 heterocycles. The Kier molecular flexibility index (Phi) is 8.84. The molecule has 0 bridgehead atoms. The molecule has 0 saturated carbocycles. The van der Waals surface area contributed by atoms with Gasteiger partial charge in [0.15, 0.2) is 6.61 Å². The van der Waals surface area contributed by atoms with Gasteiger partial charge in [-0.2, -0.15) is 9.57 Å². The number of amides is 1. The Hall–Kier alpha value is -3.42. The van der Waals surface area contributed by atoms with Gasteiger partial charge in [0.2, 0.25) is 10.0 Å². The number of rotatable bonds is 10. The molecular weight excluding hydrogens is 468 g/mol. The Morgan fingerprint density at radius 1 is 1.09 bits per heavy atom. The zero-order chi connectivity index (χ0) is 25.4. The van der Waals surface area contributed by atoms with E-state index in [9.17, 15) is 18.0 Å². The van der Waals surface area contributed by atoms with Gasteiger partial charge in [-0.05, 0) is 48.7 Å². The maximum atomic E-state index is 13.0. The predicted molar refractivity (Wildman–Crippen MR) is 133 cm³/mol. The Balaban J connectivity index is 1.77. The van der Waals surface area contributed by atoms with Crippen molar-refractivity contribution in [3.63, 3.8) is 0 Å². The molecule has 2 aromatic carbocycles. The molecule has 2 aromatic rings. The van der Waals surface area contributed by atoms with Gasteiger partial charge in [0.25, 0.3) is 5.91 Å². The van der Waals surface area contributed by atoms with Gasteiger partial charge < -0.3 is 15.0 Å². The average Bonchev–Trinajstić information content (AvgIpc) is 3.39.